The Kier molecular flexibility index (Phi) is 6.33. The van der Waals surface area contributed by atoms with Gasteiger partial charge in [-0.25, -0.2) is 0 Å². The van der Waals surface area contributed by atoms with Crippen LogP contribution in [0.25, 0.3) is 0 Å². The van der Waals surface area contributed by atoms with Crippen LogP contribution in [0.15, 0.2) is 0 Å². The Morgan fingerprint density at radius 3 is 2.83 bits per heavy atom. The van der Waals surface area contributed by atoms with Crippen molar-refractivity contribution in [3.8, 4) is 0 Å². The van der Waals surface area contributed by atoms with Gasteiger partial charge in [-0.15, -0.1) is 0 Å². The summed E-state index contributed by atoms with van der Waals surface area (Å²) in [5.41, 5.74) is 0. The highest BCUT2D eigenvalue weighted by Gasteiger charge is 2.29. The zero-order valence-corrected chi connectivity index (χ0v) is 11.9. The van der Waals surface area contributed by atoms with Crippen molar-refractivity contribution in [2.24, 2.45) is 5.92 Å². The summed E-state index contributed by atoms with van der Waals surface area (Å²) in [7, 11) is 0. The molecular formula is C14H26N2O2. The van der Waals surface area contributed by atoms with E-state index in [9.17, 15) is 9.59 Å². The second-order valence-corrected chi connectivity index (χ2v) is 5.29. The smallest absolute Gasteiger partial charge is 0.237 e. The van der Waals surface area contributed by atoms with Crippen LogP contribution in [-0.2, 0) is 9.59 Å². The summed E-state index contributed by atoms with van der Waals surface area (Å²) in [6, 6.07) is -0.123. The first kappa shape index (κ1) is 15.2. The number of piperidine rings is 1. The zero-order chi connectivity index (χ0) is 13.5. The molecule has 0 spiro atoms. The minimum absolute atomic E-state index is 0.0640. The number of hydrogen-bond donors (Lipinski definition) is 1. The van der Waals surface area contributed by atoms with Gasteiger partial charge < -0.3 is 5.32 Å². The van der Waals surface area contributed by atoms with Gasteiger partial charge in [0.15, 0.2) is 0 Å². The number of ketones is 1. The molecule has 4 heteroatoms. The summed E-state index contributed by atoms with van der Waals surface area (Å²) < 4.78 is 0. The van der Waals surface area contributed by atoms with Gasteiger partial charge in [-0.3, -0.25) is 14.5 Å². The average Bonchev–Trinajstić information content (AvgIpc) is 2.37. The van der Waals surface area contributed by atoms with Gasteiger partial charge in [-0.2, -0.15) is 0 Å². The number of carbonyl (C=O) groups is 2. The van der Waals surface area contributed by atoms with Crippen LogP contribution >= 0.6 is 0 Å². The molecule has 104 valence electrons. The Morgan fingerprint density at radius 2 is 2.22 bits per heavy atom. The SMILES string of the molecule is CCCCCNC(=O)C(C)N1CCC(=O)C(C)C1. The molecule has 1 rings (SSSR count). The molecule has 0 aromatic carbocycles. The third kappa shape index (κ3) is 4.41. The quantitative estimate of drug-likeness (QED) is 0.732. The molecule has 2 unspecified atom stereocenters. The van der Waals surface area contributed by atoms with E-state index in [2.05, 4.69) is 17.1 Å². The van der Waals surface area contributed by atoms with E-state index in [0.717, 1.165) is 25.8 Å². The van der Waals surface area contributed by atoms with Crippen molar-refractivity contribution in [3.63, 3.8) is 0 Å². The molecule has 0 aliphatic carbocycles. The first-order valence-corrected chi connectivity index (χ1v) is 7.10. The predicted octanol–water partition coefficient (Wildman–Crippen LogP) is 1.59. The number of nitrogens with one attached hydrogen (secondary N) is 1. The molecule has 1 fully saturated rings. The number of Topliss-reactive ketones (excluding diaryl/α,β-unsaturated/α-hetero) is 1. The highest BCUT2D eigenvalue weighted by molar-refractivity contribution is 5.83. The van der Waals surface area contributed by atoms with Crippen LogP contribution in [0, 0.1) is 5.92 Å². The Bertz CT molecular complexity index is 292. The summed E-state index contributed by atoms with van der Waals surface area (Å²) in [5.74, 6) is 0.476. The number of nitrogens with zero attached hydrogens (tertiary/aromatic N) is 1. The average molecular weight is 254 g/mol. The minimum Gasteiger partial charge on any atom is -0.355 e. The van der Waals surface area contributed by atoms with Crippen LogP contribution in [-0.4, -0.2) is 42.3 Å². The largest absolute Gasteiger partial charge is 0.355 e. The Morgan fingerprint density at radius 1 is 1.50 bits per heavy atom. The Hall–Kier alpha value is -0.900. The van der Waals surface area contributed by atoms with Crippen molar-refractivity contribution in [1.29, 1.82) is 0 Å². The molecule has 1 amide bonds. The van der Waals surface area contributed by atoms with Gasteiger partial charge in [0.05, 0.1) is 6.04 Å². The monoisotopic (exact) mass is 254 g/mol. The Labute approximate surface area is 110 Å². The molecule has 1 aliphatic heterocycles. The van der Waals surface area contributed by atoms with Gasteiger partial charge in [0.1, 0.15) is 5.78 Å². The van der Waals surface area contributed by atoms with Gasteiger partial charge in [-0.05, 0) is 13.3 Å². The first-order valence-electron chi connectivity index (χ1n) is 7.10. The van der Waals surface area contributed by atoms with Crippen LogP contribution in [0.1, 0.15) is 46.5 Å². The van der Waals surface area contributed by atoms with Crippen LogP contribution in [0.5, 0.6) is 0 Å². The van der Waals surface area contributed by atoms with Crippen molar-refractivity contribution >= 4 is 11.7 Å². The minimum atomic E-state index is -0.123. The maximum absolute atomic E-state index is 12.0. The van der Waals surface area contributed by atoms with Crippen molar-refractivity contribution in [1.82, 2.24) is 10.2 Å². The maximum atomic E-state index is 12.0. The van der Waals surface area contributed by atoms with Crippen molar-refractivity contribution < 1.29 is 9.59 Å². The van der Waals surface area contributed by atoms with Gasteiger partial charge in [0.25, 0.3) is 0 Å². The zero-order valence-electron chi connectivity index (χ0n) is 11.9. The van der Waals surface area contributed by atoms with Crippen LogP contribution < -0.4 is 5.32 Å². The van der Waals surface area contributed by atoms with Gasteiger partial charge in [0, 0.05) is 32.0 Å². The number of likely N-dealkylation sites (tertiary alicyclic amines) is 1. The standard InChI is InChI=1S/C14H26N2O2/c1-4-5-6-8-15-14(18)12(3)16-9-7-13(17)11(2)10-16/h11-12H,4-10H2,1-3H3,(H,15,18). The van der Waals surface area contributed by atoms with E-state index in [1.54, 1.807) is 0 Å². The number of hydrogen-bond acceptors (Lipinski definition) is 3. The van der Waals surface area contributed by atoms with Crippen molar-refractivity contribution in [2.45, 2.75) is 52.5 Å². The molecule has 1 N–H and O–H groups in total. The van der Waals surface area contributed by atoms with E-state index >= 15 is 0 Å². The Balaban J connectivity index is 2.32. The highest BCUT2D eigenvalue weighted by atomic mass is 16.2. The number of unbranched alkanes of at least 4 members (excludes halogenated alkanes) is 2. The lowest BCUT2D eigenvalue weighted by Gasteiger charge is -2.33. The van der Waals surface area contributed by atoms with Crippen LogP contribution in [0.2, 0.25) is 0 Å². The summed E-state index contributed by atoms with van der Waals surface area (Å²) in [6.07, 6.45) is 3.94. The van der Waals surface area contributed by atoms with E-state index in [-0.39, 0.29) is 17.9 Å². The molecule has 4 nitrogen and oxygen atoms in total. The molecule has 0 aromatic heterocycles. The first-order chi connectivity index (χ1) is 8.56. The topological polar surface area (TPSA) is 49.4 Å². The molecule has 0 saturated carbocycles. The summed E-state index contributed by atoms with van der Waals surface area (Å²) in [6.45, 7) is 8.21. The van der Waals surface area contributed by atoms with E-state index in [1.165, 1.54) is 0 Å². The van der Waals surface area contributed by atoms with Gasteiger partial charge >= 0.3 is 0 Å². The summed E-state index contributed by atoms with van der Waals surface area (Å²) in [5, 5.41) is 2.98. The second kappa shape index (κ2) is 7.52. The molecule has 0 bridgehead atoms. The second-order valence-electron chi connectivity index (χ2n) is 5.29. The third-order valence-electron chi connectivity index (χ3n) is 3.71. The van der Waals surface area contributed by atoms with Gasteiger partial charge in [0.2, 0.25) is 5.91 Å². The molecule has 0 aromatic rings. The predicted molar refractivity (Wildman–Crippen MR) is 72.4 cm³/mol. The molecule has 1 heterocycles. The van der Waals surface area contributed by atoms with Crippen molar-refractivity contribution in [3.05, 3.63) is 0 Å². The maximum Gasteiger partial charge on any atom is 0.237 e. The van der Waals surface area contributed by atoms with E-state index < -0.39 is 0 Å². The van der Waals surface area contributed by atoms with Gasteiger partial charge in [-0.1, -0.05) is 26.7 Å². The third-order valence-corrected chi connectivity index (χ3v) is 3.71. The molecule has 1 saturated heterocycles. The fourth-order valence-corrected chi connectivity index (χ4v) is 2.30. The van der Waals surface area contributed by atoms with E-state index in [0.29, 0.717) is 25.3 Å². The highest BCUT2D eigenvalue weighted by Crippen LogP contribution is 2.14. The summed E-state index contributed by atoms with van der Waals surface area (Å²) >= 11 is 0. The van der Waals surface area contributed by atoms with Crippen LogP contribution in [0.4, 0.5) is 0 Å². The fraction of sp³-hybridized carbons (Fsp3) is 0.857. The number of carbonyl (C=O) groups excluding carboxylic acids is 2. The molecule has 18 heavy (non-hydrogen) atoms. The molecule has 1 aliphatic rings. The summed E-state index contributed by atoms with van der Waals surface area (Å²) in [4.78, 5) is 25.5. The van der Waals surface area contributed by atoms with E-state index in [4.69, 9.17) is 0 Å². The fourth-order valence-electron chi connectivity index (χ4n) is 2.30. The van der Waals surface area contributed by atoms with E-state index in [1.807, 2.05) is 13.8 Å². The number of amides is 1. The lowest BCUT2D eigenvalue weighted by molar-refractivity contribution is -0.132. The van der Waals surface area contributed by atoms with Crippen LogP contribution in [0.3, 0.4) is 0 Å². The molecule has 2 atom stereocenters. The number of rotatable bonds is 6. The van der Waals surface area contributed by atoms with Crippen molar-refractivity contribution in [2.75, 3.05) is 19.6 Å². The molecule has 0 radical (unpaired) electrons. The lowest BCUT2D eigenvalue weighted by atomic mass is 9.97. The lowest BCUT2D eigenvalue weighted by Crippen LogP contribution is -2.50. The molecular weight excluding hydrogens is 228 g/mol. The normalized spacial score (nSPS) is 22.8.